The Kier molecular flexibility index (Phi) is 5.01. The number of carbonyl (C=O) groups is 1. The van der Waals surface area contributed by atoms with Crippen LogP contribution in [0, 0.1) is 0 Å². The average Bonchev–Trinajstić information content (AvgIpc) is 2.15. The van der Waals surface area contributed by atoms with E-state index in [4.69, 9.17) is 10.5 Å². The van der Waals surface area contributed by atoms with Crippen molar-refractivity contribution in [2.24, 2.45) is 5.73 Å². The predicted molar refractivity (Wildman–Crippen MR) is 58.5 cm³/mol. The summed E-state index contributed by atoms with van der Waals surface area (Å²) in [7, 11) is 1.61. The van der Waals surface area contributed by atoms with Crippen LogP contribution < -0.4 is 16.4 Å². The minimum Gasteiger partial charge on any atom is -0.383 e. The Balaban J connectivity index is 2.10. The molecule has 5 nitrogen and oxygen atoms in total. The molecule has 0 aromatic heterocycles. The predicted octanol–water partition coefficient (Wildman–Crippen LogP) is -0.783. The van der Waals surface area contributed by atoms with E-state index < -0.39 is 0 Å². The molecule has 1 amide bonds. The van der Waals surface area contributed by atoms with Gasteiger partial charge in [-0.2, -0.15) is 0 Å². The molecule has 15 heavy (non-hydrogen) atoms. The van der Waals surface area contributed by atoms with E-state index in [9.17, 15) is 4.79 Å². The highest BCUT2D eigenvalue weighted by molar-refractivity contribution is 5.81. The van der Waals surface area contributed by atoms with E-state index in [1.165, 1.54) is 0 Å². The smallest absolute Gasteiger partial charge is 0.236 e. The van der Waals surface area contributed by atoms with Crippen molar-refractivity contribution < 1.29 is 9.53 Å². The fourth-order valence-electron chi connectivity index (χ4n) is 1.66. The topological polar surface area (TPSA) is 76.4 Å². The van der Waals surface area contributed by atoms with Crippen molar-refractivity contribution in [1.29, 1.82) is 0 Å². The van der Waals surface area contributed by atoms with E-state index in [0.29, 0.717) is 25.2 Å². The summed E-state index contributed by atoms with van der Waals surface area (Å²) in [5.74, 6) is 0.0209. The minimum absolute atomic E-state index is 0.0209. The fraction of sp³-hybridized carbons (Fsp3) is 0.900. The van der Waals surface area contributed by atoms with Crippen LogP contribution >= 0.6 is 0 Å². The number of ether oxygens (including phenoxy) is 1. The van der Waals surface area contributed by atoms with Crippen LogP contribution in [0.4, 0.5) is 0 Å². The molecule has 1 aliphatic carbocycles. The highest BCUT2D eigenvalue weighted by atomic mass is 16.5. The molecule has 1 aliphatic rings. The fourth-order valence-corrected chi connectivity index (χ4v) is 1.66. The molecule has 1 fully saturated rings. The Labute approximate surface area is 90.7 Å². The van der Waals surface area contributed by atoms with Crippen LogP contribution in [-0.2, 0) is 9.53 Å². The molecule has 1 unspecified atom stereocenters. The molecular formula is C10H21N3O2. The van der Waals surface area contributed by atoms with Crippen LogP contribution in [0.25, 0.3) is 0 Å². The lowest BCUT2D eigenvalue weighted by Crippen LogP contribution is -2.54. The first-order chi connectivity index (χ1) is 7.13. The summed E-state index contributed by atoms with van der Waals surface area (Å²) < 4.78 is 4.85. The van der Waals surface area contributed by atoms with Crippen molar-refractivity contribution in [1.82, 2.24) is 10.6 Å². The van der Waals surface area contributed by atoms with Crippen molar-refractivity contribution >= 4 is 5.91 Å². The molecular weight excluding hydrogens is 194 g/mol. The van der Waals surface area contributed by atoms with E-state index >= 15 is 0 Å². The number of nitrogens with two attached hydrogens (primary N) is 1. The van der Waals surface area contributed by atoms with Crippen LogP contribution in [0.2, 0.25) is 0 Å². The molecule has 0 heterocycles. The SMILES string of the molecule is COCCNC(=O)C(C)NC1CC(N)C1. The van der Waals surface area contributed by atoms with E-state index in [1.807, 2.05) is 6.92 Å². The first kappa shape index (κ1) is 12.4. The molecule has 0 aromatic carbocycles. The molecule has 0 spiro atoms. The standard InChI is InChI=1S/C10H21N3O2/c1-7(10(14)12-3-4-15-2)13-9-5-8(11)6-9/h7-9,13H,3-6,11H2,1-2H3,(H,12,14). The van der Waals surface area contributed by atoms with Crippen LogP contribution in [-0.4, -0.2) is 44.3 Å². The maximum atomic E-state index is 11.5. The molecule has 0 aliphatic heterocycles. The zero-order chi connectivity index (χ0) is 11.3. The first-order valence-corrected chi connectivity index (χ1v) is 5.41. The summed E-state index contributed by atoms with van der Waals surface area (Å²) in [6.07, 6.45) is 1.94. The minimum atomic E-state index is -0.153. The maximum absolute atomic E-state index is 11.5. The van der Waals surface area contributed by atoms with Gasteiger partial charge in [-0.3, -0.25) is 4.79 Å². The molecule has 1 atom stereocenters. The normalized spacial score (nSPS) is 26.9. The molecule has 0 aromatic rings. The quantitative estimate of drug-likeness (QED) is 0.508. The first-order valence-electron chi connectivity index (χ1n) is 5.41. The number of amides is 1. The van der Waals surface area contributed by atoms with Gasteiger partial charge in [0.25, 0.3) is 0 Å². The van der Waals surface area contributed by atoms with Crippen LogP contribution in [0.15, 0.2) is 0 Å². The van der Waals surface area contributed by atoms with E-state index in [1.54, 1.807) is 7.11 Å². The van der Waals surface area contributed by atoms with Crippen molar-refractivity contribution in [2.45, 2.75) is 37.9 Å². The van der Waals surface area contributed by atoms with Crippen molar-refractivity contribution in [3.05, 3.63) is 0 Å². The van der Waals surface area contributed by atoms with Crippen LogP contribution in [0.5, 0.6) is 0 Å². The lowest BCUT2D eigenvalue weighted by Gasteiger charge is -2.35. The third-order valence-corrected chi connectivity index (χ3v) is 2.66. The van der Waals surface area contributed by atoms with Crippen molar-refractivity contribution in [3.63, 3.8) is 0 Å². The molecule has 1 rings (SSSR count). The van der Waals surface area contributed by atoms with Gasteiger partial charge < -0.3 is 21.1 Å². The number of rotatable bonds is 6. The van der Waals surface area contributed by atoms with Crippen LogP contribution in [0.3, 0.4) is 0 Å². The summed E-state index contributed by atoms with van der Waals surface area (Å²) in [6.45, 7) is 2.98. The molecule has 88 valence electrons. The number of nitrogens with one attached hydrogen (secondary N) is 2. The summed E-state index contributed by atoms with van der Waals surface area (Å²) in [5.41, 5.74) is 5.66. The number of carbonyl (C=O) groups excluding carboxylic acids is 1. The van der Waals surface area contributed by atoms with Crippen molar-refractivity contribution in [3.8, 4) is 0 Å². The third kappa shape index (κ3) is 4.15. The summed E-state index contributed by atoms with van der Waals surface area (Å²) in [5, 5.41) is 6.03. The van der Waals surface area contributed by atoms with Gasteiger partial charge in [0.15, 0.2) is 0 Å². The van der Waals surface area contributed by atoms with Crippen molar-refractivity contribution in [2.75, 3.05) is 20.3 Å². The third-order valence-electron chi connectivity index (χ3n) is 2.66. The average molecular weight is 215 g/mol. The second-order valence-corrected chi connectivity index (χ2v) is 4.10. The second-order valence-electron chi connectivity index (χ2n) is 4.10. The largest absolute Gasteiger partial charge is 0.383 e. The Morgan fingerprint density at radius 2 is 2.27 bits per heavy atom. The molecule has 1 saturated carbocycles. The zero-order valence-electron chi connectivity index (χ0n) is 9.45. The Bertz CT molecular complexity index is 205. The van der Waals surface area contributed by atoms with E-state index in [-0.39, 0.29) is 11.9 Å². The number of hydrogen-bond acceptors (Lipinski definition) is 4. The monoisotopic (exact) mass is 215 g/mol. The maximum Gasteiger partial charge on any atom is 0.236 e. The summed E-state index contributed by atoms with van der Waals surface area (Å²) >= 11 is 0. The van der Waals surface area contributed by atoms with E-state index in [0.717, 1.165) is 12.8 Å². The van der Waals surface area contributed by atoms with Gasteiger partial charge >= 0.3 is 0 Å². The number of methoxy groups -OCH3 is 1. The zero-order valence-corrected chi connectivity index (χ0v) is 9.45. The van der Waals surface area contributed by atoms with Gasteiger partial charge in [-0.25, -0.2) is 0 Å². The van der Waals surface area contributed by atoms with Gasteiger partial charge in [0.2, 0.25) is 5.91 Å². The Morgan fingerprint density at radius 1 is 1.60 bits per heavy atom. The van der Waals surface area contributed by atoms with Crippen LogP contribution in [0.1, 0.15) is 19.8 Å². The van der Waals surface area contributed by atoms with Gasteiger partial charge in [-0.1, -0.05) is 0 Å². The van der Waals surface area contributed by atoms with Gasteiger partial charge in [0.05, 0.1) is 12.6 Å². The van der Waals surface area contributed by atoms with Gasteiger partial charge in [-0.05, 0) is 19.8 Å². The highest BCUT2D eigenvalue weighted by Crippen LogP contribution is 2.17. The van der Waals surface area contributed by atoms with Gasteiger partial charge in [0.1, 0.15) is 0 Å². The molecule has 0 radical (unpaired) electrons. The summed E-state index contributed by atoms with van der Waals surface area (Å²) in [6, 6.07) is 0.564. The number of hydrogen-bond donors (Lipinski definition) is 3. The summed E-state index contributed by atoms with van der Waals surface area (Å²) in [4.78, 5) is 11.5. The molecule has 4 N–H and O–H groups in total. The lowest BCUT2D eigenvalue weighted by atomic mass is 9.87. The highest BCUT2D eigenvalue weighted by Gasteiger charge is 2.28. The Hall–Kier alpha value is -0.650. The van der Waals surface area contributed by atoms with Gasteiger partial charge in [0, 0.05) is 25.7 Å². The van der Waals surface area contributed by atoms with E-state index in [2.05, 4.69) is 10.6 Å². The lowest BCUT2D eigenvalue weighted by molar-refractivity contribution is -0.123. The molecule has 0 bridgehead atoms. The Morgan fingerprint density at radius 3 is 2.80 bits per heavy atom. The molecule has 5 heteroatoms. The van der Waals surface area contributed by atoms with Gasteiger partial charge in [-0.15, -0.1) is 0 Å². The second kappa shape index (κ2) is 6.05. The molecule has 0 saturated heterocycles.